The van der Waals surface area contributed by atoms with Gasteiger partial charge < -0.3 is 18.9 Å². The first-order chi connectivity index (χ1) is 28.1. The Bertz CT molecular complexity index is 1850. The van der Waals surface area contributed by atoms with E-state index in [1.165, 1.54) is 14.2 Å². The number of allylic oxidation sites excluding steroid dienone is 20. The number of hydrogen-bond donors (Lipinski definition) is 0. The van der Waals surface area contributed by atoms with Crippen molar-refractivity contribution in [1.82, 2.24) is 0 Å². The minimum atomic E-state index is -0.882. The van der Waals surface area contributed by atoms with Gasteiger partial charge in [0.25, 0.3) is 0 Å². The van der Waals surface area contributed by atoms with E-state index in [1.807, 2.05) is 140 Å². The van der Waals surface area contributed by atoms with E-state index < -0.39 is 46.9 Å². The van der Waals surface area contributed by atoms with Crippen LogP contribution in [0.5, 0.6) is 0 Å². The van der Waals surface area contributed by atoms with Crippen molar-refractivity contribution in [3.8, 4) is 0 Å². The van der Waals surface area contributed by atoms with Gasteiger partial charge in [-0.25, -0.2) is 0 Å². The van der Waals surface area contributed by atoms with Crippen molar-refractivity contribution in [1.29, 1.82) is 0 Å². The molecule has 0 spiro atoms. The van der Waals surface area contributed by atoms with Crippen LogP contribution in [0.25, 0.3) is 0 Å². The molecule has 10 nitrogen and oxygen atoms in total. The lowest BCUT2D eigenvalue weighted by Crippen LogP contribution is -2.39. The fourth-order valence-corrected chi connectivity index (χ4v) is 6.80. The van der Waals surface area contributed by atoms with Crippen LogP contribution in [0.4, 0.5) is 0 Å². The molecule has 0 radical (unpaired) electrons. The Labute approximate surface area is 356 Å². The molecule has 0 saturated heterocycles. The monoisotopic (exact) mass is 824 g/mol. The van der Waals surface area contributed by atoms with E-state index >= 15 is 0 Å². The van der Waals surface area contributed by atoms with Crippen molar-refractivity contribution in [2.24, 2.45) is 10.8 Å². The lowest BCUT2D eigenvalue weighted by molar-refractivity contribution is -0.158. The van der Waals surface area contributed by atoms with Crippen LogP contribution in [0.1, 0.15) is 108 Å². The maximum absolute atomic E-state index is 13.1. The molecular formula is C50H64O10. The molecule has 2 aliphatic rings. The number of Topliss-reactive ketones (excluding diaryl/α,β-unsaturated/α-hetero) is 2. The molecule has 0 aliphatic heterocycles. The number of carbonyl (C=O) groups is 6. The summed E-state index contributed by atoms with van der Waals surface area (Å²) < 4.78 is 20.1. The Hall–Kier alpha value is -5.64. The van der Waals surface area contributed by atoms with E-state index in [0.29, 0.717) is 24.0 Å². The van der Waals surface area contributed by atoms with Crippen molar-refractivity contribution in [2.45, 2.75) is 120 Å². The van der Waals surface area contributed by atoms with Crippen LogP contribution in [0, 0.1) is 10.8 Å². The average Bonchev–Trinajstić information content (AvgIpc) is 3.18. The molecular weight excluding hydrogens is 761 g/mol. The average molecular weight is 825 g/mol. The second-order valence-electron chi connectivity index (χ2n) is 16.5. The van der Waals surface area contributed by atoms with E-state index in [2.05, 4.69) is 9.47 Å². The summed E-state index contributed by atoms with van der Waals surface area (Å²) in [7, 11) is 2.51. The van der Waals surface area contributed by atoms with Gasteiger partial charge in [0.15, 0.2) is 23.8 Å². The Morgan fingerprint density at radius 1 is 0.517 bits per heavy atom. The van der Waals surface area contributed by atoms with Crippen molar-refractivity contribution in [3.05, 3.63) is 130 Å². The molecule has 0 fully saturated rings. The number of hydrogen-bond acceptors (Lipinski definition) is 10. The van der Waals surface area contributed by atoms with Gasteiger partial charge in [-0.3, -0.25) is 28.8 Å². The molecule has 2 aliphatic carbocycles. The molecule has 2 rings (SSSR count). The van der Waals surface area contributed by atoms with Gasteiger partial charge in [0.05, 0.1) is 39.9 Å². The quantitative estimate of drug-likeness (QED) is 0.0746. The third kappa shape index (κ3) is 16.5. The van der Waals surface area contributed by atoms with E-state index in [0.717, 1.165) is 33.4 Å². The highest BCUT2D eigenvalue weighted by molar-refractivity contribution is 6.02. The van der Waals surface area contributed by atoms with Gasteiger partial charge in [0, 0.05) is 12.8 Å². The van der Waals surface area contributed by atoms with Crippen molar-refractivity contribution in [2.75, 3.05) is 14.2 Å². The van der Waals surface area contributed by atoms with Crippen LogP contribution in [0.15, 0.2) is 130 Å². The number of ketones is 2. The fraction of sp³-hybridized carbons (Fsp3) is 0.440. The fourth-order valence-electron chi connectivity index (χ4n) is 6.80. The summed E-state index contributed by atoms with van der Waals surface area (Å²) in [4.78, 5) is 73.4. The van der Waals surface area contributed by atoms with Gasteiger partial charge in [-0.15, -0.1) is 0 Å². The van der Waals surface area contributed by atoms with E-state index in [9.17, 15) is 28.8 Å². The molecule has 2 atom stereocenters. The Morgan fingerprint density at radius 2 is 0.817 bits per heavy atom. The van der Waals surface area contributed by atoms with E-state index in [4.69, 9.17) is 9.47 Å². The van der Waals surface area contributed by atoms with Crippen molar-refractivity contribution < 1.29 is 47.7 Å². The Balaban J connectivity index is 1.97. The van der Waals surface area contributed by atoms with Gasteiger partial charge in [-0.1, -0.05) is 135 Å². The van der Waals surface area contributed by atoms with Gasteiger partial charge in [-0.05, 0) is 74.7 Å². The lowest BCUT2D eigenvalue weighted by atomic mass is 9.71. The molecule has 0 aromatic carbocycles. The van der Waals surface area contributed by atoms with Crippen molar-refractivity contribution in [3.63, 3.8) is 0 Å². The third-order valence-corrected chi connectivity index (χ3v) is 10.3. The zero-order valence-corrected chi connectivity index (χ0v) is 37.6. The highest BCUT2D eigenvalue weighted by atomic mass is 16.6. The SMILES string of the molecule is COC(=O)CCC(=O)OC1CC(C)(C)C(/C=C/C(C)=C/C=CC(C)=C/C=C/C=C(C)/C=C/C=C(C)/C=C/C2=C(C)C(=O)C(OC(=O)CCC(=O)OC)CC2(C)C)=C(C)C1=O. The van der Waals surface area contributed by atoms with Crippen LogP contribution in [0.2, 0.25) is 0 Å². The van der Waals surface area contributed by atoms with Gasteiger partial charge in [-0.2, -0.15) is 0 Å². The first-order valence-electron chi connectivity index (χ1n) is 20.2. The van der Waals surface area contributed by atoms with Crippen LogP contribution in [-0.4, -0.2) is 61.9 Å². The van der Waals surface area contributed by atoms with E-state index in [-0.39, 0.29) is 37.2 Å². The molecule has 0 amide bonds. The predicted octanol–water partition coefficient (Wildman–Crippen LogP) is 9.91. The standard InChI is InChI=1S/C50H64O10/c1-33(19-15-21-35(3)23-25-39-37(5)47(55)41(31-49(39,7)8)59-45(53)29-27-43(51)57-11)17-13-14-18-34(2)20-16-22-36(4)24-26-40-38(6)48(56)42(32-50(40,9)10)60-46(54)30-28-44(52)58-12/h13-26,41-42H,27-32H2,1-12H3/b14-13+,19-15+,20-16?,25-23+,26-24+,33-17+,34-18?,35-21+,36-22+. The Kier molecular flexibility index (Phi) is 20.1. The van der Waals surface area contributed by atoms with Crippen LogP contribution >= 0.6 is 0 Å². The minimum Gasteiger partial charge on any atom is -0.469 e. The first kappa shape index (κ1) is 50.5. The molecule has 0 aromatic heterocycles. The number of rotatable bonds is 18. The lowest BCUT2D eigenvalue weighted by Gasteiger charge is -2.36. The molecule has 0 aromatic rings. The summed E-state index contributed by atoms with van der Waals surface area (Å²) in [6, 6.07) is 0. The van der Waals surface area contributed by atoms with Gasteiger partial charge in [0.2, 0.25) is 0 Å². The summed E-state index contributed by atoms with van der Waals surface area (Å²) in [6.45, 7) is 19.6. The second kappa shape index (κ2) is 23.8. The minimum absolute atomic E-state index is 0.0913. The van der Waals surface area contributed by atoms with Crippen LogP contribution in [-0.2, 0) is 47.7 Å². The number of methoxy groups -OCH3 is 2. The molecule has 324 valence electrons. The highest BCUT2D eigenvalue weighted by Gasteiger charge is 2.41. The van der Waals surface area contributed by atoms with E-state index in [1.54, 1.807) is 13.8 Å². The third-order valence-electron chi connectivity index (χ3n) is 10.3. The maximum Gasteiger partial charge on any atom is 0.307 e. The number of ether oxygens (including phenoxy) is 4. The normalized spacial score (nSPS) is 20.7. The Morgan fingerprint density at radius 3 is 1.15 bits per heavy atom. The molecule has 2 unspecified atom stereocenters. The topological polar surface area (TPSA) is 139 Å². The smallest absolute Gasteiger partial charge is 0.307 e. The first-order valence-corrected chi connectivity index (χ1v) is 20.2. The summed E-state index contributed by atoms with van der Waals surface area (Å²) in [5, 5.41) is 0. The zero-order valence-electron chi connectivity index (χ0n) is 37.6. The van der Waals surface area contributed by atoms with Crippen LogP contribution in [0.3, 0.4) is 0 Å². The summed E-state index contributed by atoms with van der Waals surface area (Å²) >= 11 is 0. The predicted molar refractivity (Wildman–Crippen MR) is 235 cm³/mol. The summed E-state index contributed by atoms with van der Waals surface area (Å²) in [6.07, 6.45) is 26.3. The summed E-state index contributed by atoms with van der Waals surface area (Å²) in [5.41, 5.74) is 6.24. The largest absolute Gasteiger partial charge is 0.469 e. The van der Waals surface area contributed by atoms with Gasteiger partial charge in [0.1, 0.15) is 0 Å². The zero-order chi connectivity index (χ0) is 45.2. The van der Waals surface area contributed by atoms with Crippen molar-refractivity contribution >= 4 is 35.4 Å². The van der Waals surface area contributed by atoms with Gasteiger partial charge >= 0.3 is 23.9 Å². The number of carbonyl (C=O) groups excluding carboxylic acids is 6. The molecule has 0 N–H and O–H groups in total. The molecule has 0 heterocycles. The molecule has 10 heteroatoms. The number of esters is 4. The summed E-state index contributed by atoms with van der Waals surface area (Å²) in [5.74, 6) is -2.65. The maximum atomic E-state index is 13.1. The highest BCUT2D eigenvalue weighted by Crippen LogP contribution is 2.42. The van der Waals surface area contributed by atoms with Crippen LogP contribution < -0.4 is 0 Å². The molecule has 0 saturated carbocycles. The second-order valence-corrected chi connectivity index (χ2v) is 16.5. The molecule has 0 bridgehead atoms. The molecule has 60 heavy (non-hydrogen) atoms.